The van der Waals surface area contributed by atoms with Gasteiger partial charge in [-0.2, -0.15) is 0 Å². The van der Waals surface area contributed by atoms with Gasteiger partial charge in [-0.3, -0.25) is 4.79 Å². The first kappa shape index (κ1) is 13.1. The Morgan fingerprint density at radius 3 is 2.56 bits per heavy atom. The maximum absolute atomic E-state index is 11.2. The van der Waals surface area contributed by atoms with Crippen LogP contribution in [0.5, 0.6) is 0 Å². The van der Waals surface area contributed by atoms with Gasteiger partial charge in [-0.25, -0.2) is 0 Å². The van der Waals surface area contributed by atoms with Crippen molar-refractivity contribution in [3.05, 3.63) is 35.4 Å². The zero-order valence-electron chi connectivity index (χ0n) is 10.9. The van der Waals surface area contributed by atoms with E-state index in [9.17, 15) is 4.79 Å². The summed E-state index contributed by atoms with van der Waals surface area (Å²) in [6.45, 7) is 3.24. The van der Waals surface area contributed by atoms with Gasteiger partial charge in [0.2, 0.25) is 0 Å². The van der Waals surface area contributed by atoms with Crippen LogP contribution in [0.3, 0.4) is 0 Å². The number of hydrogen-bond donors (Lipinski definition) is 1. The number of hydrogen-bond acceptors (Lipinski definition) is 3. The largest absolute Gasteiger partial charge is 0.466 e. The molecule has 0 saturated heterocycles. The first-order valence-corrected chi connectivity index (χ1v) is 6.74. The minimum Gasteiger partial charge on any atom is -0.466 e. The van der Waals surface area contributed by atoms with Crippen LogP contribution in [0.1, 0.15) is 37.3 Å². The van der Waals surface area contributed by atoms with Crippen molar-refractivity contribution in [2.75, 3.05) is 6.61 Å². The highest BCUT2D eigenvalue weighted by Crippen LogP contribution is 2.19. The minimum absolute atomic E-state index is 0.114. The summed E-state index contributed by atoms with van der Waals surface area (Å²) < 4.78 is 4.91. The summed E-state index contributed by atoms with van der Waals surface area (Å²) >= 11 is 0. The number of nitrogens with one attached hydrogen (secondary N) is 1. The number of carbonyl (C=O) groups is 1. The first-order chi connectivity index (χ1) is 8.78. The van der Waals surface area contributed by atoms with E-state index >= 15 is 0 Å². The third kappa shape index (κ3) is 4.49. The molecule has 0 heterocycles. The molecule has 1 aliphatic rings. The van der Waals surface area contributed by atoms with Gasteiger partial charge >= 0.3 is 5.97 Å². The van der Waals surface area contributed by atoms with Crippen LogP contribution in [0.25, 0.3) is 0 Å². The van der Waals surface area contributed by atoms with Crippen LogP contribution in [0, 0.1) is 0 Å². The Labute approximate surface area is 109 Å². The van der Waals surface area contributed by atoms with E-state index in [2.05, 4.69) is 29.6 Å². The van der Waals surface area contributed by atoms with Crippen molar-refractivity contribution < 1.29 is 9.53 Å². The summed E-state index contributed by atoms with van der Waals surface area (Å²) in [4.78, 5) is 11.2. The lowest BCUT2D eigenvalue weighted by Gasteiger charge is -2.05. The molecule has 2 rings (SSSR count). The molecule has 98 valence electrons. The average molecular weight is 247 g/mol. The molecule has 1 aromatic rings. The molecule has 1 N–H and O–H groups in total. The normalized spacial score (nSPS) is 14.5. The van der Waals surface area contributed by atoms with Gasteiger partial charge in [-0.05, 0) is 37.3 Å². The van der Waals surface area contributed by atoms with Gasteiger partial charge in [0, 0.05) is 19.0 Å². The second-order valence-electron chi connectivity index (χ2n) is 4.78. The molecule has 1 saturated carbocycles. The van der Waals surface area contributed by atoms with Crippen molar-refractivity contribution in [1.29, 1.82) is 0 Å². The highest BCUT2D eigenvalue weighted by molar-refractivity contribution is 5.69. The molecule has 0 radical (unpaired) electrons. The number of carbonyl (C=O) groups excluding carboxylic acids is 1. The van der Waals surface area contributed by atoms with Crippen LogP contribution in [-0.4, -0.2) is 18.6 Å². The molecule has 0 atom stereocenters. The lowest BCUT2D eigenvalue weighted by Crippen LogP contribution is -2.15. The second-order valence-corrected chi connectivity index (χ2v) is 4.78. The highest BCUT2D eigenvalue weighted by atomic mass is 16.5. The Kier molecular flexibility index (Phi) is 4.76. The standard InChI is InChI=1S/C15H21NO2/c1-2-18-15(17)10-7-12-3-5-13(6-4-12)11-16-14-8-9-14/h3-6,14,16H,2,7-11H2,1H3. The van der Waals surface area contributed by atoms with Gasteiger partial charge in [0.05, 0.1) is 6.61 Å². The summed E-state index contributed by atoms with van der Waals surface area (Å²) in [5.41, 5.74) is 2.50. The highest BCUT2D eigenvalue weighted by Gasteiger charge is 2.19. The number of benzene rings is 1. The van der Waals surface area contributed by atoms with Gasteiger partial charge in [-0.1, -0.05) is 24.3 Å². The van der Waals surface area contributed by atoms with E-state index in [0.29, 0.717) is 13.0 Å². The number of ether oxygens (including phenoxy) is 1. The third-order valence-electron chi connectivity index (χ3n) is 3.12. The lowest BCUT2D eigenvalue weighted by molar-refractivity contribution is -0.143. The molecule has 0 aromatic heterocycles. The van der Waals surface area contributed by atoms with E-state index in [1.54, 1.807) is 0 Å². The SMILES string of the molecule is CCOC(=O)CCc1ccc(CNC2CC2)cc1. The summed E-state index contributed by atoms with van der Waals surface area (Å²) in [6.07, 6.45) is 3.86. The molecule has 0 amide bonds. The monoisotopic (exact) mass is 247 g/mol. The molecule has 3 nitrogen and oxygen atoms in total. The predicted octanol–water partition coefficient (Wildman–Crippen LogP) is 2.43. The first-order valence-electron chi connectivity index (χ1n) is 6.74. The predicted molar refractivity (Wildman–Crippen MR) is 71.3 cm³/mol. The molecule has 0 unspecified atom stereocenters. The number of esters is 1. The van der Waals surface area contributed by atoms with Gasteiger partial charge in [-0.15, -0.1) is 0 Å². The Morgan fingerprint density at radius 1 is 1.28 bits per heavy atom. The van der Waals surface area contributed by atoms with Crippen LogP contribution in [0.15, 0.2) is 24.3 Å². The fraction of sp³-hybridized carbons (Fsp3) is 0.533. The van der Waals surface area contributed by atoms with Gasteiger partial charge < -0.3 is 10.1 Å². The minimum atomic E-state index is -0.114. The second kappa shape index (κ2) is 6.55. The molecule has 0 bridgehead atoms. The zero-order valence-corrected chi connectivity index (χ0v) is 10.9. The Hall–Kier alpha value is -1.35. The molecular weight excluding hydrogens is 226 g/mol. The van der Waals surface area contributed by atoms with E-state index < -0.39 is 0 Å². The number of rotatable bonds is 7. The maximum atomic E-state index is 11.2. The van der Waals surface area contributed by atoms with Crippen LogP contribution in [-0.2, 0) is 22.5 Å². The molecule has 0 spiro atoms. The summed E-state index contributed by atoms with van der Waals surface area (Å²) in [7, 11) is 0. The topological polar surface area (TPSA) is 38.3 Å². The smallest absolute Gasteiger partial charge is 0.306 e. The fourth-order valence-corrected chi connectivity index (χ4v) is 1.85. The summed E-state index contributed by atoms with van der Waals surface area (Å²) in [5, 5.41) is 3.49. The van der Waals surface area contributed by atoms with Crippen LogP contribution < -0.4 is 5.32 Å². The van der Waals surface area contributed by atoms with Crippen molar-refractivity contribution >= 4 is 5.97 Å². The lowest BCUT2D eigenvalue weighted by atomic mass is 10.1. The Balaban J connectivity index is 1.73. The van der Waals surface area contributed by atoms with Crippen molar-refractivity contribution in [1.82, 2.24) is 5.32 Å². The molecule has 1 fully saturated rings. The van der Waals surface area contributed by atoms with Crippen LogP contribution in [0.2, 0.25) is 0 Å². The van der Waals surface area contributed by atoms with Crippen molar-refractivity contribution in [3.63, 3.8) is 0 Å². The van der Waals surface area contributed by atoms with Gasteiger partial charge in [0.1, 0.15) is 0 Å². The summed E-state index contributed by atoms with van der Waals surface area (Å²) in [6, 6.07) is 9.21. The van der Waals surface area contributed by atoms with Crippen molar-refractivity contribution in [2.24, 2.45) is 0 Å². The molecule has 18 heavy (non-hydrogen) atoms. The van der Waals surface area contributed by atoms with Crippen molar-refractivity contribution in [2.45, 2.75) is 45.2 Å². The molecule has 1 aromatic carbocycles. The maximum Gasteiger partial charge on any atom is 0.306 e. The van der Waals surface area contributed by atoms with E-state index in [0.717, 1.165) is 19.0 Å². The van der Waals surface area contributed by atoms with Crippen molar-refractivity contribution in [3.8, 4) is 0 Å². The Morgan fingerprint density at radius 2 is 1.94 bits per heavy atom. The quantitative estimate of drug-likeness (QED) is 0.752. The fourth-order valence-electron chi connectivity index (χ4n) is 1.85. The zero-order chi connectivity index (χ0) is 12.8. The summed E-state index contributed by atoms with van der Waals surface area (Å²) in [5.74, 6) is -0.114. The Bertz CT molecular complexity index is 382. The van der Waals surface area contributed by atoms with E-state index in [1.807, 2.05) is 6.92 Å². The molecule has 0 aliphatic heterocycles. The van der Waals surface area contributed by atoms with Gasteiger partial charge in [0.15, 0.2) is 0 Å². The van der Waals surface area contributed by atoms with Crippen LogP contribution in [0.4, 0.5) is 0 Å². The van der Waals surface area contributed by atoms with E-state index in [1.165, 1.54) is 24.0 Å². The molecule has 3 heteroatoms. The van der Waals surface area contributed by atoms with E-state index in [4.69, 9.17) is 4.74 Å². The number of aryl methyl sites for hydroxylation is 1. The van der Waals surface area contributed by atoms with Crippen LogP contribution >= 0.6 is 0 Å². The molecular formula is C15H21NO2. The third-order valence-corrected chi connectivity index (χ3v) is 3.12. The average Bonchev–Trinajstić information content (AvgIpc) is 3.19. The van der Waals surface area contributed by atoms with Gasteiger partial charge in [0.25, 0.3) is 0 Å². The molecule has 1 aliphatic carbocycles. The van der Waals surface area contributed by atoms with E-state index in [-0.39, 0.29) is 5.97 Å².